The molecule has 3 aromatic rings. The van der Waals surface area contributed by atoms with Crippen molar-refractivity contribution in [3.8, 4) is 11.1 Å². The van der Waals surface area contributed by atoms with Gasteiger partial charge in [-0.3, -0.25) is 19.6 Å². The lowest BCUT2D eigenvalue weighted by Gasteiger charge is -2.30. The Kier molecular flexibility index (Phi) is 5.98. The number of nitrogens with zero attached hydrogens (tertiary/aromatic N) is 3. The van der Waals surface area contributed by atoms with Gasteiger partial charge in [-0.05, 0) is 35.1 Å². The largest absolute Gasteiger partial charge is 0.481 e. The van der Waals surface area contributed by atoms with Gasteiger partial charge in [0.15, 0.2) is 5.82 Å². The summed E-state index contributed by atoms with van der Waals surface area (Å²) in [4.78, 5) is 38.4. The molecule has 1 saturated heterocycles. The maximum absolute atomic E-state index is 12.9. The lowest BCUT2D eigenvalue weighted by Crippen LogP contribution is -2.42. The maximum Gasteiger partial charge on any atom is 0.412 e. The molecule has 0 saturated carbocycles. The Hall–Kier alpha value is -4.14. The summed E-state index contributed by atoms with van der Waals surface area (Å²) in [7, 11) is 1.61. The van der Waals surface area contributed by atoms with Crippen LogP contribution in [0.25, 0.3) is 11.1 Å². The second-order valence-corrected chi connectivity index (χ2v) is 8.92. The third-order valence-electron chi connectivity index (χ3n) is 6.73. The van der Waals surface area contributed by atoms with Crippen LogP contribution in [0, 0.1) is 5.92 Å². The number of ether oxygens (including phenoxy) is 1. The topological polar surface area (TPSA) is 114 Å². The van der Waals surface area contributed by atoms with Crippen LogP contribution >= 0.6 is 0 Å². The van der Waals surface area contributed by atoms with E-state index in [1.165, 1.54) is 15.6 Å². The third-order valence-corrected chi connectivity index (χ3v) is 6.73. The Morgan fingerprint density at radius 1 is 1.09 bits per heavy atom. The lowest BCUT2D eigenvalue weighted by atomic mass is 9.98. The predicted molar refractivity (Wildman–Crippen MR) is 128 cm³/mol. The van der Waals surface area contributed by atoms with Crippen LogP contribution in [-0.4, -0.2) is 57.5 Å². The van der Waals surface area contributed by atoms with Crippen LogP contribution in [0.1, 0.15) is 40.4 Å². The molecule has 1 atom stereocenters. The molecule has 0 spiro atoms. The monoisotopic (exact) mass is 474 g/mol. The van der Waals surface area contributed by atoms with E-state index in [2.05, 4.69) is 22.5 Å². The zero-order valence-corrected chi connectivity index (χ0v) is 19.3. The van der Waals surface area contributed by atoms with E-state index in [9.17, 15) is 19.5 Å². The van der Waals surface area contributed by atoms with Crippen molar-refractivity contribution < 1.29 is 24.2 Å². The maximum atomic E-state index is 12.9. The minimum absolute atomic E-state index is 0.0599. The zero-order chi connectivity index (χ0) is 24.5. The highest BCUT2D eigenvalue weighted by Crippen LogP contribution is 2.44. The molecule has 35 heavy (non-hydrogen) atoms. The molecular formula is C26H26N4O5. The number of aryl methyl sites for hydroxylation is 1. The molecule has 0 bridgehead atoms. The van der Waals surface area contributed by atoms with E-state index in [1.54, 1.807) is 7.05 Å². The number of carbonyl (C=O) groups excluding carboxylic acids is 2. The van der Waals surface area contributed by atoms with Gasteiger partial charge in [0.2, 0.25) is 0 Å². The van der Waals surface area contributed by atoms with Gasteiger partial charge in [0.05, 0.1) is 5.92 Å². The Labute approximate surface area is 202 Å². The molecule has 9 nitrogen and oxygen atoms in total. The molecule has 2 aromatic carbocycles. The van der Waals surface area contributed by atoms with E-state index in [0.717, 1.165) is 22.3 Å². The number of aliphatic carboxylic acids is 1. The molecule has 2 aliphatic rings. The molecule has 2 N–H and O–H groups in total. The molecule has 1 aliphatic carbocycles. The van der Waals surface area contributed by atoms with E-state index in [4.69, 9.17) is 4.74 Å². The number of hydrogen-bond acceptors (Lipinski definition) is 5. The summed E-state index contributed by atoms with van der Waals surface area (Å²) >= 11 is 0. The fourth-order valence-electron chi connectivity index (χ4n) is 4.99. The summed E-state index contributed by atoms with van der Waals surface area (Å²) in [5.41, 5.74) is 4.80. The Morgan fingerprint density at radius 2 is 1.74 bits per heavy atom. The summed E-state index contributed by atoms with van der Waals surface area (Å²) in [6.45, 7) is 0.820. The van der Waals surface area contributed by atoms with Crippen molar-refractivity contribution in [3.63, 3.8) is 0 Å². The molecule has 2 amide bonds. The Bertz CT molecular complexity index is 1250. The van der Waals surface area contributed by atoms with Crippen LogP contribution in [0.4, 0.5) is 10.6 Å². The molecule has 9 heteroatoms. The standard InChI is InChI=1S/C26H26N4O5/c1-29-22(24(31)30-12-6-7-16(14-30)25(32)33)13-23(28-29)27-26(34)35-15-21-19-10-4-2-8-17(19)18-9-3-5-11-20(18)21/h2-5,8-11,13,16,21H,6-7,12,14-15H2,1H3,(H,32,33)(H,27,28,34)/t16-/m0/s1. The number of likely N-dealkylation sites (tertiary alicyclic amines) is 1. The van der Waals surface area contributed by atoms with E-state index >= 15 is 0 Å². The van der Waals surface area contributed by atoms with Crippen LogP contribution in [0.3, 0.4) is 0 Å². The van der Waals surface area contributed by atoms with Crippen molar-refractivity contribution in [2.24, 2.45) is 13.0 Å². The Morgan fingerprint density at radius 3 is 2.40 bits per heavy atom. The first-order valence-electron chi connectivity index (χ1n) is 11.6. The van der Waals surface area contributed by atoms with Gasteiger partial charge < -0.3 is 14.7 Å². The second kappa shape index (κ2) is 9.25. The van der Waals surface area contributed by atoms with E-state index in [0.29, 0.717) is 19.4 Å². The van der Waals surface area contributed by atoms with Gasteiger partial charge in [0.25, 0.3) is 5.91 Å². The highest BCUT2D eigenvalue weighted by molar-refractivity contribution is 5.95. The van der Waals surface area contributed by atoms with Gasteiger partial charge in [-0.1, -0.05) is 48.5 Å². The number of rotatable bonds is 5. The normalized spacial score (nSPS) is 16.9. The van der Waals surface area contributed by atoms with Gasteiger partial charge in [0, 0.05) is 32.1 Å². The lowest BCUT2D eigenvalue weighted by molar-refractivity contribution is -0.143. The van der Waals surface area contributed by atoms with Crippen molar-refractivity contribution in [2.75, 3.05) is 25.0 Å². The van der Waals surface area contributed by atoms with Crippen molar-refractivity contribution in [1.29, 1.82) is 0 Å². The van der Waals surface area contributed by atoms with Gasteiger partial charge in [-0.15, -0.1) is 0 Å². The zero-order valence-electron chi connectivity index (χ0n) is 19.3. The number of amides is 2. The van der Waals surface area contributed by atoms with Crippen molar-refractivity contribution in [1.82, 2.24) is 14.7 Å². The minimum Gasteiger partial charge on any atom is -0.481 e. The summed E-state index contributed by atoms with van der Waals surface area (Å²) in [6, 6.07) is 17.7. The first kappa shape index (κ1) is 22.6. The predicted octanol–water partition coefficient (Wildman–Crippen LogP) is 3.72. The highest BCUT2D eigenvalue weighted by atomic mass is 16.5. The SMILES string of the molecule is Cn1nc(NC(=O)OCC2c3ccccc3-c3ccccc32)cc1C(=O)N1CCC[C@H](C(=O)O)C1. The highest BCUT2D eigenvalue weighted by Gasteiger charge is 2.31. The van der Waals surface area contributed by atoms with E-state index in [-0.39, 0.29) is 36.5 Å². The number of anilines is 1. The molecule has 0 radical (unpaired) electrons. The summed E-state index contributed by atoms with van der Waals surface area (Å²) < 4.78 is 6.93. The van der Waals surface area contributed by atoms with Crippen molar-refractivity contribution in [2.45, 2.75) is 18.8 Å². The molecule has 5 rings (SSSR count). The fourth-order valence-corrected chi connectivity index (χ4v) is 4.99. The molecule has 1 fully saturated rings. The number of piperidine rings is 1. The molecule has 0 unspecified atom stereocenters. The van der Waals surface area contributed by atoms with E-state index in [1.807, 2.05) is 36.4 Å². The summed E-state index contributed by atoms with van der Waals surface area (Å²) in [6.07, 6.45) is 0.526. The number of benzene rings is 2. The van der Waals surface area contributed by atoms with Crippen LogP contribution in [0.15, 0.2) is 54.6 Å². The van der Waals surface area contributed by atoms with Crippen molar-refractivity contribution >= 4 is 23.8 Å². The fraction of sp³-hybridized carbons (Fsp3) is 0.308. The van der Waals surface area contributed by atoms with E-state index < -0.39 is 18.0 Å². The van der Waals surface area contributed by atoms with Crippen LogP contribution in [-0.2, 0) is 16.6 Å². The molecule has 180 valence electrons. The number of nitrogens with one attached hydrogen (secondary N) is 1. The molecule has 2 heterocycles. The quantitative estimate of drug-likeness (QED) is 0.583. The Balaban J connectivity index is 1.24. The van der Waals surface area contributed by atoms with Gasteiger partial charge in [0.1, 0.15) is 12.3 Å². The first-order chi connectivity index (χ1) is 16.9. The van der Waals surface area contributed by atoms with Gasteiger partial charge in [-0.2, -0.15) is 5.10 Å². The van der Waals surface area contributed by atoms with Crippen LogP contribution in [0.5, 0.6) is 0 Å². The van der Waals surface area contributed by atoms with Crippen molar-refractivity contribution in [3.05, 3.63) is 71.4 Å². The van der Waals surface area contributed by atoms with Gasteiger partial charge in [-0.25, -0.2) is 4.79 Å². The number of hydrogen-bond donors (Lipinski definition) is 2. The number of fused-ring (bicyclic) bond motifs is 3. The average molecular weight is 475 g/mol. The second-order valence-electron chi connectivity index (χ2n) is 8.92. The number of carboxylic acids is 1. The molecule has 1 aliphatic heterocycles. The van der Waals surface area contributed by atoms with Crippen LogP contribution < -0.4 is 5.32 Å². The van der Waals surface area contributed by atoms with Crippen LogP contribution in [0.2, 0.25) is 0 Å². The summed E-state index contributed by atoms with van der Waals surface area (Å²) in [5.74, 6) is -1.65. The smallest absolute Gasteiger partial charge is 0.412 e. The number of aromatic nitrogens is 2. The molecular weight excluding hydrogens is 448 g/mol. The molecule has 1 aromatic heterocycles. The number of carbonyl (C=O) groups is 3. The third kappa shape index (κ3) is 4.37. The first-order valence-corrected chi connectivity index (χ1v) is 11.6. The average Bonchev–Trinajstić information content (AvgIpc) is 3.39. The minimum atomic E-state index is -0.898. The van der Waals surface area contributed by atoms with Gasteiger partial charge >= 0.3 is 12.1 Å². The number of carboxylic acid groups (broad SMARTS) is 1. The summed E-state index contributed by atoms with van der Waals surface area (Å²) in [5, 5.41) is 16.1.